The Morgan fingerprint density at radius 1 is 0.426 bits per heavy atom. The summed E-state index contributed by atoms with van der Waals surface area (Å²) in [6.45, 7) is 38.6. The molecule has 0 rings (SSSR count). The van der Waals surface area contributed by atoms with Crippen molar-refractivity contribution < 1.29 is 14.4 Å². The summed E-state index contributed by atoms with van der Waals surface area (Å²) in [5.41, 5.74) is 0.691. The lowest BCUT2D eigenvalue weighted by molar-refractivity contribution is -0.123. The number of carbonyl (C=O) groups excluding carboxylic acids is 3. The number of carbonyl (C=O) groups is 3. The van der Waals surface area contributed by atoms with Crippen LogP contribution in [0.1, 0.15) is 142 Å². The molecule has 8 heteroatoms. The molecular formula is C39H79N5O3. The Morgan fingerprint density at radius 3 is 0.979 bits per heavy atom. The van der Waals surface area contributed by atoms with Crippen LogP contribution in [-0.2, 0) is 14.4 Å². The van der Waals surface area contributed by atoms with Crippen LogP contribution in [0.3, 0.4) is 0 Å². The summed E-state index contributed by atoms with van der Waals surface area (Å²) in [5.74, 6) is 0.169. The number of hydrogen-bond donors (Lipinski definition) is 3. The third-order valence-electron chi connectivity index (χ3n) is 8.15. The highest BCUT2D eigenvalue weighted by Gasteiger charge is 2.28. The highest BCUT2D eigenvalue weighted by Crippen LogP contribution is 2.34. The Morgan fingerprint density at radius 2 is 0.702 bits per heavy atom. The zero-order valence-corrected chi connectivity index (χ0v) is 34.0. The first-order valence-corrected chi connectivity index (χ1v) is 18.2. The molecule has 0 aliphatic rings. The predicted molar refractivity (Wildman–Crippen MR) is 200 cm³/mol. The highest BCUT2D eigenvalue weighted by atomic mass is 16.2. The van der Waals surface area contributed by atoms with Gasteiger partial charge in [0.25, 0.3) is 0 Å². The summed E-state index contributed by atoms with van der Waals surface area (Å²) in [7, 11) is 2.03. The van der Waals surface area contributed by atoms with Crippen LogP contribution < -0.4 is 16.0 Å². The first-order valence-electron chi connectivity index (χ1n) is 18.2. The molecule has 0 radical (unpaired) electrons. The molecule has 3 amide bonds. The van der Waals surface area contributed by atoms with E-state index in [9.17, 15) is 14.4 Å². The van der Waals surface area contributed by atoms with Gasteiger partial charge >= 0.3 is 0 Å². The smallest absolute Gasteiger partial charge is 0.221 e. The predicted octanol–water partition coefficient (Wildman–Crippen LogP) is 7.13. The van der Waals surface area contributed by atoms with Gasteiger partial charge in [0.2, 0.25) is 17.7 Å². The Balaban J connectivity index is 5.07. The maximum Gasteiger partial charge on any atom is 0.221 e. The van der Waals surface area contributed by atoms with E-state index < -0.39 is 0 Å². The van der Waals surface area contributed by atoms with Gasteiger partial charge in [0.15, 0.2) is 0 Å². The maximum absolute atomic E-state index is 12.9. The Hall–Kier alpha value is -1.67. The summed E-state index contributed by atoms with van der Waals surface area (Å²) < 4.78 is 0. The Labute approximate surface area is 291 Å². The summed E-state index contributed by atoms with van der Waals surface area (Å²) in [5, 5.41) is 9.44. The average Bonchev–Trinajstić information content (AvgIpc) is 2.83. The third kappa shape index (κ3) is 26.9. The summed E-state index contributed by atoms with van der Waals surface area (Å²) in [6, 6.07) is 0. The van der Waals surface area contributed by atoms with E-state index in [1.807, 2.05) is 7.05 Å². The van der Waals surface area contributed by atoms with Crippen LogP contribution in [0.2, 0.25) is 0 Å². The van der Waals surface area contributed by atoms with E-state index in [2.05, 4.69) is 130 Å². The number of hydrogen-bond acceptors (Lipinski definition) is 5. The minimum Gasteiger partial charge on any atom is -0.356 e. The van der Waals surface area contributed by atoms with Crippen LogP contribution in [0.5, 0.6) is 0 Å². The van der Waals surface area contributed by atoms with Gasteiger partial charge in [0.1, 0.15) is 0 Å². The van der Waals surface area contributed by atoms with E-state index in [-0.39, 0.29) is 50.2 Å². The van der Waals surface area contributed by atoms with Gasteiger partial charge in [-0.25, -0.2) is 0 Å². The molecule has 0 aromatic rings. The minimum absolute atomic E-state index is 0.0177. The lowest BCUT2D eigenvalue weighted by Gasteiger charge is -2.33. The molecule has 0 fully saturated rings. The van der Waals surface area contributed by atoms with E-state index in [1.165, 1.54) is 0 Å². The maximum atomic E-state index is 12.9. The van der Waals surface area contributed by atoms with Gasteiger partial charge < -0.3 is 25.8 Å². The molecule has 0 aromatic carbocycles. The number of amides is 3. The van der Waals surface area contributed by atoms with Gasteiger partial charge in [0, 0.05) is 71.6 Å². The number of nitrogens with one attached hydrogen (secondary N) is 3. The first kappa shape index (κ1) is 45.3. The second-order valence-corrected chi connectivity index (χ2v) is 20.4. The Kier molecular flexibility index (Phi) is 18.2. The van der Waals surface area contributed by atoms with Crippen LogP contribution in [0.4, 0.5) is 0 Å². The zero-order chi connectivity index (χ0) is 36.9. The molecule has 0 aliphatic heterocycles. The summed E-state index contributed by atoms with van der Waals surface area (Å²) in [6.07, 6.45) is 4.31. The average molecular weight is 666 g/mol. The molecule has 0 heterocycles. The number of nitrogens with zero attached hydrogens (tertiary/aromatic N) is 2. The second kappa shape index (κ2) is 18.9. The molecule has 0 aromatic heterocycles. The van der Waals surface area contributed by atoms with Crippen molar-refractivity contribution in [2.45, 2.75) is 142 Å². The largest absolute Gasteiger partial charge is 0.356 e. The molecule has 3 N–H and O–H groups in total. The Bertz CT molecular complexity index is 903. The molecule has 0 atom stereocenters. The van der Waals surface area contributed by atoms with Crippen LogP contribution in [0.15, 0.2) is 0 Å². The van der Waals surface area contributed by atoms with Crippen molar-refractivity contribution >= 4 is 17.7 Å². The summed E-state index contributed by atoms with van der Waals surface area (Å²) in [4.78, 5) is 42.8. The van der Waals surface area contributed by atoms with Crippen molar-refractivity contribution in [1.29, 1.82) is 0 Å². The van der Waals surface area contributed by atoms with Crippen molar-refractivity contribution in [3.8, 4) is 0 Å². The van der Waals surface area contributed by atoms with Crippen LogP contribution >= 0.6 is 0 Å². The van der Waals surface area contributed by atoms with Gasteiger partial charge in [-0.2, -0.15) is 0 Å². The standard InChI is InChI=1S/C39H79N5O3/c1-34(2,3)25-37(10,11)28-40-31(45)17-20-43(16)23-24-44(21-18-32(46)41-29-38(12,13)26-35(4,5)6)22-19-33(47)42-30-39(14,15)27-36(7,8)9/h17-30H2,1-16H3,(H,40,45)(H,41,46)(H,42,47). The lowest BCUT2D eigenvalue weighted by atomic mass is 9.76. The highest BCUT2D eigenvalue weighted by molar-refractivity contribution is 5.77. The van der Waals surface area contributed by atoms with Crippen LogP contribution in [0.25, 0.3) is 0 Å². The quantitative estimate of drug-likeness (QED) is 0.121. The normalized spacial score (nSPS) is 13.7. The van der Waals surface area contributed by atoms with Gasteiger partial charge in [-0.15, -0.1) is 0 Å². The van der Waals surface area contributed by atoms with E-state index in [0.717, 1.165) is 32.4 Å². The van der Waals surface area contributed by atoms with E-state index in [1.54, 1.807) is 0 Å². The lowest BCUT2D eigenvalue weighted by Crippen LogP contribution is -2.41. The van der Waals surface area contributed by atoms with Gasteiger partial charge in [-0.05, 0) is 58.8 Å². The molecule has 0 aliphatic carbocycles. The molecule has 0 spiro atoms. The van der Waals surface area contributed by atoms with Crippen molar-refractivity contribution in [3.05, 3.63) is 0 Å². The molecule has 278 valence electrons. The first-order chi connectivity index (χ1) is 21.0. The molecule has 47 heavy (non-hydrogen) atoms. The van der Waals surface area contributed by atoms with Gasteiger partial charge in [-0.3, -0.25) is 14.4 Å². The van der Waals surface area contributed by atoms with Crippen LogP contribution in [-0.4, -0.2) is 86.9 Å². The zero-order valence-electron chi connectivity index (χ0n) is 34.0. The molecule has 0 unspecified atom stereocenters. The monoisotopic (exact) mass is 666 g/mol. The fraction of sp³-hybridized carbons (Fsp3) is 0.923. The van der Waals surface area contributed by atoms with Crippen molar-refractivity contribution in [1.82, 2.24) is 25.8 Å². The SMILES string of the molecule is CN(CCC(=O)NCC(C)(C)CC(C)(C)C)CCN(CCC(=O)NCC(C)(C)CC(C)(C)C)CCC(=O)NCC(C)(C)CC(C)(C)C. The molecule has 0 saturated heterocycles. The van der Waals surface area contributed by atoms with Crippen molar-refractivity contribution in [2.24, 2.45) is 32.5 Å². The number of likely N-dealkylation sites (N-methyl/N-ethyl adjacent to an activating group) is 1. The van der Waals surface area contributed by atoms with E-state index in [4.69, 9.17) is 0 Å². The van der Waals surface area contributed by atoms with Gasteiger partial charge in [0.05, 0.1) is 0 Å². The fourth-order valence-electron chi connectivity index (χ4n) is 7.34. The number of rotatable bonds is 21. The van der Waals surface area contributed by atoms with Gasteiger partial charge in [-0.1, -0.05) is 104 Å². The molecule has 8 nitrogen and oxygen atoms in total. The topological polar surface area (TPSA) is 93.8 Å². The van der Waals surface area contributed by atoms with Crippen LogP contribution in [0, 0.1) is 32.5 Å². The second-order valence-electron chi connectivity index (χ2n) is 20.4. The fourth-order valence-corrected chi connectivity index (χ4v) is 7.34. The molecular weight excluding hydrogens is 586 g/mol. The van der Waals surface area contributed by atoms with Crippen molar-refractivity contribution in [2.75, 3.05) is 59.4 Å². The molecule has 0 bridgehead atoms. The molecule has 0 saturated carbocycles. The van der Waals surface area contributed by atoms with Crippen molar-refractivity contribution in [3.63, 3.8) is 0 Å². The summed E-state index contributed by atoms with van der Waals surface area (Å²) >= 11 is 0. The minimum atomic E-state index is 0.0177. The third-order valence-corrected chi connectivity index (χ3v) is 8.15. The van der Waals surface area contributed by atoms with E-state index in [0.29, 0.717) is 58.5 Å². The van der Waals surface area contributed by atoms with E-state index >= 15 is 0 Å².